The van der Waals surface area contributed by atoms with Crippen molar-refractivity contribution in [1.82, 2.24) is 4.90 Å². The van der Waals surface area contributed by atoms with Crippen molar-refractivity contribution in [2.24, 2.45) is 0 Å². The number of halogens is 1. The average Bonchev–Trinajstić information content (AvgIpc) is 2.62. The van der Waals surface area contributed by atoms with E-state index >= 15 is 0 Å². The van der Waals surface area contributed by atoms with Gasteiger partial charge in [-0.3, -0.25) is 9.69 Å². The molecule has 0 spiro atoms. The van der Waals surface area contributed by atoms with Gasteiger partial charge in [-0.15, -0.1) is 0 Å². The van der Waals surface area contributed by atoms with Gasteiger partial charge in [-0.05, 0) is 67.9 Å². The van der Waals surface area contributed by atoms with Crippen molar-refractivity contribution >= 4 is 11.6 Å². The van der Waals surface area contributed by atoms with E-state index in [2.05, 4.69) is 16.3 Å². The molecule has 25 heavy (non-hydrogen) atoms. The van der Waals surface area contributed by atoms with Crippen LogP contribution in [0.1, 0.15) is 24.8 Å². The molecule has 1 aliphatic rings. The first-order chi connectivity index (χ1) is 12.2. The molecule has 1 amide bonds. The summed E-state index contributed by atoms with van der Waals surface area (Å²) in [6, 6.07) is 13.5. The maximum absolute atomic E-state index is 12.8. The molecule has 0 aliphatic carbocycles. The van der Waals surface area contributed by atoms with Gasteiger partial charge in [0.25, 0.3) is 5.91 Å². The van der Waals surface area contributed by atoms with Crippen molar-refractivity contribution in [2.75, 3.05) is 25.0 Å². The Balaban J connectivity index is 1.50. The minimum atomic E-state index is -0.331. The summed E-state index contributed by atoms with van der Waals surface area (Å²) in [5.41, 5.74) is 1.96. The molecule has 1 aliphatic heterocycles. The van der Waals surface area contributed by atoms with Gasteiger partial charge < -0.3 is 10.1 Å². The lowest BCUT2D eigenvalue weighted by Crippen LogP contribution is -2.29. The van der Waals surface area contributed by atoms with Gasteiger partial charge in [0.2, 0.25) is 0 Å². The Kier molecular flexibility index (Phi) is 6.01. The first-order valence-corrected chi connectivity index (χ1v) is 8.68. The molecule has 0 radical (unpaired) electrons. The van der Waals surface area contributed by atoms with Crippen LogP contribution in [-0.2, 0) is 11.3 Å². The number of carbonyl (C=O) groups excluding carboxylic acids is 1. The predicted molar refractivity (Wildman–Crippen MR) is 96.1 cm³/mol. The second kappa shape index (κ2) is 8.62. The molecule has 0 saturated carbocycles. The highest BCUT2D eigenvalue weighted by atomic mass is 19.1. The van der Waals surface area contributed by atoms with Gasteiger partial charge in [-0.1, -0.05) is 18.6 Å². The first kappa shape index (κ1) is 17.4. The average molecular weight is 342 g/mol. The molecule has 2 aromatic rings. The highest BCUT2D eigenvalue weighted by Gasteiger charge is 2.11. The van der Waals surface area contributed by atoms with Gasteiger partial charge in [0.1, 0.15) is 11.6 Å². The molecule has 1 N–H and O–H groups in total. The number of rotatable bonds is 6. The van der Waals surface area contributed by atoms with Gasteiger partial charge in [0, 0.05) is 12.2 Å². The molecule has 3 rings (SSSR count). The molecule has 132 valence electrons. The fourth-order valence-electron chi connectivity index (χ4n) is 3.00. The van der Waals surface area contributed by atoms with E-state index in [1.807, 2.05) is 18.2 Å². The zero-order valence-electron chi connectivity index (χ0n) is 14.2. The van der Waals surface area contributed by atoms with E-state index in [1.165, 1.54) is 49.1 Å². The van der Waals surface area contributed by atoms with Crippen LogP contribution in [0.5, 0.6) is 5.75 Å². The van der Waals surface area contributed by atoms with Crippen LogP contribution in [-0.4, -0.2) is 30.5 Å². The van der Waals surface area contributed by atoms with E-state index in [0.29, 0.717) is 5.75 Å². The van der Waals surface area contributed by atoms with Crippen molar-refractivity contribution in [1.29, 1.82) is 0 Å². The van der Waals surface area contributed by atoms with Gasteiger partial charge >= 0.3 is 0 Å². The highest BCUT2D eigenvalue weighted by Crippen LogP contribution is 2.16. The van der Waals surface area contributed by atoms with Crippen LogP contribution < -0.4 is 10.1 Å². The van der Waals surface area contributed by atoms with Crippen molar-refractivity contribution in [3.05, 3.63) is 59.9 Å². The van der Waals surface area contributed by atoms with E-state index in [1.54, 1.807) is 0 Å². The molecule has 0 atom stereocenters. The number of hydrogen-bond acceptors (Lipinski definition) is 3. The Hall–Kier alpha value is -2.40. The predicted octanol–water partition coefficient (Wildman–Crippen LogP) is 3.83. The number of likely N-dealkylation sites (tertiary alicyclic amines) is 1. The Labute approximate surface area is 147 Å². The topological polar surface area (TPSA) is 41.6 Å². The van der Waals surface area contributed by atoms with Gasteiger partial charge in [0.15, 0.2) is 6.61 Å². The van der Waals surface area contributed by atoms with Gasteiger partial charge in [-0.25, -0.2) is 4.39 Å². The number of anilines is 1. The summed E-state index contributed by atoms with van der Waals surface area (Å²) in [5.74, 6) is -0.0998. The standard InChI is InChI=1S/C20H23FN2O2/c21-17-7-9-19(10-8-17)25-15-20(24)22-18-6-4-5-16(13-18)14-23-11-2-1-3-12-23/h4-10,13H,1-3,11-12,14-15H2,(H,22,24). The summed E-state index contributed by atoms with van der Waals surface area (Å²) in [7, 11) is 0. The third-order valence-electron chi connectivity index (χ3n) is 4.25. The van der Waals surface area contributed by atoms with E-state index in [0.717, 1.165) is 25.3 Å². The summed E-state index contributed by atoms with van der Waals surface area (Å²) >= 11 is 0. The quantitative estimate of drug-likeness (QED) is 0.867. The molecular formula is C20H23FN2O2. The fraction of sp³-hybridized carbons (Fsp3) is 0.350. The van der Waals surface area contributed by atoms with Gasteiger partial charge in [-0.2, -0.15) is 0 Å². The maximum atomic E-state index is 12.8. The number of benzene rings is 2. The van der Waals surface area contributed by atoms with Crippen LogP contribution in [0.2, 0.25) is 0 Å². The van der Waals surface area contributed by atoms with Crippen LogP contribution in [0.15, 0.2) is 48.5 Å². The van der Waals surface area contributed by atoms with E-state index in [4.69, 9.17) is 4.74 Å². The lowest BCUT2D eigenvalue weighted by atomic mass is 10.1. The smallest absolute Gasteiger partial charge is 0.262 e. The van der Waals surface area contributed by atoms with Crippen molar-refractivity contribution < 1.29 is 13.9 Å². The molecule has 0 unspecified atom stereocenters. The first-order valence-electron chi connectivity index (χ1n) is 8.68. The zero-order valence-corrected chi connectivity index (χ0v) is 14.2. The molecular weight excluding hydrogens is 319 g/mol. The molecule has 2 aromatic carbocycles. The number of nitrogens with one attached hydrogen (secondary N) is 1. The molecule has 4 nitrogen and oxygen atoms in total. The largest absolute Gasteiger partial charge is 0.484 e. The number of amides is 1. The Bertz CT molecular complexity index is 697. The second-order valence-corrected chi connectivity index (χ2v) is 6.33. The number of hydrogen-bond donors (Lipinski definition) is 1. The van der Waals surface area contributed by atoms with E-state index < -0.39 is 0 Å². The van der Waals surface area contributed by atoms with Crippen LogP contribution in [0, 0.1) is 5.82 Å². The van der Waals surface area contributed by atoms with Gasteiger partial charge in [0.05, 0.1) is 0 Å². The van der Waals surface area contributed by atoms with E-state index in [9.17, 15) is 9.18 Å². The highest BCUT2D eigenvalue weighted by molar-refractivity contribution is 5.91. The van der Waals surface area contributed by atoms with Crippen LogP contribution >= 0.6 is 0 Å². The van der Waals surface area contributed by atoms with Crippen LogP contribution in [0.3, 0.4) is 0 Å². The zero-order chi connectivity index (χ0) is 17.5. The lowest BCUT2D eigenvalue weighted by molar-refractivity contribution is -0.118. The van der Waals surface area contributed by atoms with E-state index in [-0.39, 0.29) is 18.3 Å². The lowest BCUT2D eigenvalue weighted by Gasteiger charge is -2.26. The molecule has 1 saturated heterocycles. The van der Waals surface area contributed by atoms with Crippen molar-refractivity contribution in [3.63, 3.8) is 0 Å². The number of nitrogens with zero attached hydrogens (tertiary/aromatic N) is 1. The third-order valence-corrected chi connectivity index (χ3v) is 4.25. The number of piperidine rings is 1. The second-order valence-electron chi connectivity index (χ2n) is 6.33. The summed E-state index contributed by atoms with van der Waals surface area (Å²) < 4.78 is 18.2. The fourth-order valence-corrected chi connectivity index (χ4v) is 3.00. The summed E-state index contributed by atoms with van der Waals surface area (Å²) in [6.45, 7) is 3.09. The van der Waals surface area contributed by atoms with Crippen molar-refractivity contribution in [2.45, 2.75) is 25.8 Å². The normalized spacial score (nSPS) is 14.9. The number of carbonyl (C=O) groups is 1. The van der Waals surface area contributed by atoms with Crippen molar-refractivity contribution in [3.8, 4) is 5.75 Å². The molecule has 1 heterocycles. The molecule has 0 bridgehead atoms. The minimum Gasteiger partial charge on any atom is -0.484 e. The summed E-state index contributed by atoms with van der Waals surface area (Å²) in [5, 5.41) is 2.84. The summed E-state index contributed by atoms with van der Waals surface area (Å²) in [6.07, 6.45) is 3.84. The molecule has 1 fully saturated rings. The Morgan fingerprint density at radius 1 is 1.08 bits per heavy atom. The Morgan fingerprint density at radius 2 is 1.84 bits per heavy atom. The molecule has 5 heteroatoms. The monoisotopic (exact) mass is 342 g/mol. The Morgan fingerprint density at radius 3 is 2.60 bits per heavy atom. The SMILES string of the molecule is O=C(COc1ccc(F)cc1)Nc1cccc(CN2CCCCC2)c1. The van der Waals surface area contributed by atoms with Crippen LogP contribution in [0.4, 0.5) is 10.1 Å². The molecule has 0 aromatic heterocycles. The number of ether oxygens (including phenoxy) is 1. The maximum Gasteiger partial charge on any atom is 0.262 e. The third kappa shape index (κ3) is 5.57. The summed E-state index contributed by atoms with van der Waals surface area (Å²) in [4.78, 5) is 14.5. The minimum absolute atomic E-state index is 0.109. The van der Waals surface area contributed by atoms with Crippen LogP contribution in [0.25, 0.3) is 0 Å².